The van der Waals surface area contributed by atoms with Crippen LogP contribution in [0, 0.1) is 0 Å². The molecule has 0 fully saturated rings. The number of hydrogen-bond acceptors (Lipinski definition) is 6. The molecule has 476 valence electrons. The molecule has 0 saturated heterocycles. The van der Waals surface area contributed by atoms with Crippen LogP contribution in [0.25, 0.3) is 190 Å². The van der Waals surface area contributed by atoms with Crippen molar-refractivity contribution in [3.63, 3.8) is 0 Å². The molecule has 10 nitrogen and oxygen atoms in total. The van der Waals surface area contributed by atoms with Crippen molar-refractivity contribution >= 4 is 65.9 Å². The van der Waals surface area contributed by atoms with E-state index in [9.17, 15) is 0 Å². The fourth-order valence-electron chi connectivity index (χ4n) is 15.2. The first-order valence-corrected chi connectivity index (χ1v) is 34.3. The Labute approximate surface area is 586 Å². The quantitative estimate of drug-likeness (QED) is 0.121. The fourth-order valence-corrected chi connectivity index (χ4v) is 15.2. The second-order valence-electron chi connectivity index (χ2n) is 25.8. The molecule has 0 atom stereocenters. The van der Waals surface area contributed by atoms with E-state index in [0.29, 0.717) is 34.9 Å². The summed E-state index contributed by atoms with van der Waals surface area (Å²) in [6, 6.07) is 124. The van der Waals surface area contributed by atoms with Crippen molar-refractivity contribution in [1.82, 2.24) is 47.8 Å². The summed E-state index contributed by atoms with van der Waals surface area (Å²) in [7, 11) is 0. The number of para-hydroxylation sites is 6. The number of benzene rings is 14. The molecule has 0 N–H and O–H groups in total. The van der Waals surface area contributed by atoms with E-state index < -0.39 is 0 Å². The Bertz CT molecular complexity index is 6570. The van der Waals surface area contributed by atoms with Crippen molar-refractivity contribution in [3.8, 4) is 124 Å². The monoisotopic (exact) mass is 1300 g/mol. The zero-order valence-electron chi connectivity index (χ0n) is 55.0. The third-order valence-electron chi connectivity index (χ3n) is 19.9. The van der Waals surface area contributed by atoms with E-state index in [1.165, 1.54) is 21.7 Å². The summed E-state index contributed by atoms with van der Waals surface area (Å²) in [6.07, 6.45) is 0. The van der Waals surface area contributed by atoms with Gasteiger partial charge in [0.2, 0.25) is 0 Å². The van der Waals surface area contributed by atoms with Gasteiger partial charge in [0.15, 0.2) is 34.9 Å². The van der Waals surface area contributed by atoms with Gasteiger partial charge in [0.05, 0.1) is 38.8 Å². The maximum atomic E-state index is 5.42. The zero-order chi connectivity index (χ0) is 67.2. The summed E-state index contributed by atoms with van der Waals surface area (Å²) < 4.78 is 9.77. The Morgan fingerprint density at radius 3 is 1.13 bits per heavy atom. The van der Waals surface area contributed by atoms with Gasteiger partial charge in [-0.25, -0.2) is 29.9 Å². The van der Waals surface area contributed by atoms with Crippen molar-refractivity contribution in [2.75, 3.05) is 0 Å². The molecular weight excluding hydrogens is 1250 g/mol. The molecule has 0 radical (unpaired) electrons. The minimum absolute atomic E-state index is 0.568. The molecule has 0 aliphatic rings. The van der Waals surface area contributed by atoms with E-state index >= 15 is 0 Å². The molecular formula is C92H58N10. The fraction of sp³-hybridized carbons (Fsp3) is 0. The van der Waals surface area contributed by atoms with E-state index in [0.717, 1.165) is 133 Å². The highest BCUT2D eigenvalue weighted by atomic mass is 15.2. The van der Waals surface area contributed by atoms with E-state index in [1.807, 2.05) is 78.9 Å². The highest BCUT2D eigenvalue weighted by molar-refractivity contribution is 6.14. The largest absolute Gasteiger partial charge is 0.293 e. The highest BCUT2D eigenvalue weighted by Gasteiger charge is 2.27. The van der Waals surface area contributed by atoms with Crippen LogP contribution in [0.15, 0.2) is 352 Å². The highest BCUT2D eigenvalue weighted by Crippen LogP contribution is 2.47. The average molecular weight is 1300 g/mol. The van der Waals surface area contributed by atoms with Gasteiger partial charge in [-0.1, -0.05) is 297 Å². The van der Waals surface area contributed by atoms with Crippen LogP contribution >= 0.6 is 0 Å². The van der Waals surface area contributed by atoms with Crippen LogP contribution in [0.3, 0.4) is 0 Å². The molecule has 0 spiro atoms. The Morgan fingerprint density at radius 1 is 0.206 bits per heavy atom. The number of hydrogen-bond donors (Lipinski definition) is 0. The topological polar surface area (TPSA) is 96.0 Å². The number of aromatic nitrogens is 10. The van der Waals surface area contributed by atoms with Crippen molar-refractivity contribution < 1.29 is 0 Å². The molecule has 6 heterocycles. The van der Waals surface area contributed by atoms with Crippen LogP contribution in [0.2, 0.25) is 0 Å². The first-order chi connectivity index (χ1) is 50.6. The number of fused-ring (bicyclic) bond motifs is 11. The van der Waals surface area contributed by atoms with E-state index in [1.54, 1.807) is 0 Å². The van der Waals surface area contributed by atoms with Gasteiger partial charge in [-0.05, 0) is 87.8 Å². The lowest BCUT2D eigenvalue weighted by atomic mass is 9.97. The Morgan fingerprint density at radius 2 is 0.559 bits per heavy atom. The smallest absolute Gasteiger partial charge is 0.164 e. The van der Waals surface area contributed by atoms with Crippen LogP contribution < -0.4 is 0 Å². The molecule has 0 unspecified atom stereocenters. The Kier molecular flexibility index (Phi) is 13.7. The van der Waals surface area contributed by atoms with Gasteiger partial charge in [0.25, 0.3) is 0 Å². The standard InChI is InChI=1S/C92H58N10/c1-5-24-59(25-6-1)60-54-56-71(57-55-60)99-78-41-17-20-44-81(78)102-84-73(38-23-39-75(84)83(91(99)102)63-48-52-67(53-49-63)88-94-85(64-27-7-2-8-28-64)93-86(95-88)65-29-9-3-10-30-65)69-34-21-35-70(58-69)90-97-87(66-31-11-4-12-32-66)96-89(98-90)68-50-46-62(47-51-68)82-74-37-15-16-40-77(74)101-80-43-19-18-42-79(80)100(92(82)101)76-45-22-33-61-26-13-14-36-72(61)76/h1-58H. The summed E-state index contributed by atoms with van der Waals surface area (Å²) in [5.74, 6) is 3.55. The van der Waals surface area contributed by atoms with Gasteiger partial charge in [0.1, 0.15) is 11.3 Å². The molecule has 20 aromatic rings. The minimum atomic E-state index is 0.568. The Balaban J connectivity index is 0.740. The van der Waals surface area contributed by atoms with Crippen LogP contribution in [-0.4, -0.2) is 47.8 Å². The van der Waals surface area contributed by atoms with Crippen LogP contribution in [-0.2, 0) is 0 Å². The van der Waals surface area contributed by atoms with Gasteiger partial charge in [-0.15, -0.1) is 0 Å². The molecule has 6 aromatic heterocycles. The predicted octanol–water partition coefficient (Wildman–Crippen LogP) is 22.6. The average Bonchev–Trinajstić information content (AvgIpc) is 1.54. The maximum Gasteiger partial charge on any atom is 0.164 e. The summed E-state index contributed by atoms with van der Waals surface area (Å²) in [4.78, 5) is 31.3. The lowest BCUT2D eigenvalue weighted by Gasteiger charge is -2.13. The molecule has 20 rings (SSSR count). The van der Waals surface area contributed by atoms with Crippen molar-refractivity contribution in [3.05, 3.63) is 352 Å². The molecule has 0 aliphatic heterocycles. The molecule has 0 saturated carbocycles. The van der Waals surface area contributed by atoms with E-state index in [2.05, 4.69) is 291 Å². The summed E-state index contributed by atoms with van der Waals surface area (Å²) in [5.41, 5.74) is 25.1. The third kappa shape index (κ3) is 9.64. The second kappa shape index (κ2) is 23.9. The molecule has 10 heteroatoms. The molecule has 102 heavy (non-hydrogen) atoms. The summed E-state index contributed by atoms with van der Waals surface area (Å²) >= 11 is 0. The van der Waals surface area contributed by atoms with Crippen LogP contribution in [0.1, 0.15) is 0 Å². The summed E-state index contributed by atoms with van der Waals surface area (Å²) in [5, 5.41) is 4.64. The first-order valence-electron chi connectivity index (χ1n) is 34.3. The third-order valence-corrected chi connectivity index (χ3v) is 19.9. The number of rotatable bonds is 12. The number of imidazole rings is 2. The van der Waals surface area contributed by atoms with Gasteiger partial charge in [0, 0.05) is 71.9 Å². The zero-order valence-corrected chi connectivity index (χ0v) is 55.0. The molecule has 0 bridgehead atoms. The SMILES string of the molecule is c1ccc(-c2ccc(-n3c4ccccc4n4c5c(-c6cccc(-c7nc(-c8ccccc8)nc(-c8ccc(-c9c%10ccccc%10n%10c%11ccccc%11n(-c%11cccc%12ccccc%11%12)c9%10)cc8)n7)c6)cccc5c(-c5ccc(-c6nc(-c7ccccc7)nc(-c7ccccc7)n6)cc5)c34)cc2)cc1. The minimum Gasteiger partial charge on any atom is -0.293 e. The van der Waals surface area contributed by atoms with Gasteiger partial charge in [-0.2, -0.15) is 0 Å². The van der Waals surface area contributed by atoms with Crippen molar-refractivity contribution in [2.24, 2.45) is 0 Å². The van der Waals surface area contributed by atoms with Crippen molar-refractivity contribution in [1.29, 1.82) is 0 Å². The number of nitrogens with zero attached hydrogens (tertiary/aromatic N) is 10. The second-order valence-corrected chi connectivity index (χ2v) is 25.8. The lowest BCUT2D eigenvalue weighted by Crippen LogP contribution is -2.00. The lowest BCUT2D eigenvalue weighted by molar-refractivity contribution is 1.07. The Hall–Kier alpha value is -14.0. The van der Waals surface area contributed by atoms with Gasteiger partial charge in [-0.3, -0.25) is 17.9 Å². The first kappa shape index (κ1) is 58.2. The maximum absolute atomic E-state index is 5.42. The van der Waals surface area contributed by atoms with E-state index in [-0.39, 0.29) is 0 Å². The van der Waals surface area contributed by atoms with Gasteiger partial charge >= 0.3 is 0 Å². The summed E-state index contributed by atoms with van der Waals surface area (Å²) in [6.45, 7) is 0. The van der Waals surface area contributed by atoms with Crippen molar-refractivity contribution in [2.45, 2.75) is 0 Å². The molecule has 14 aromatic carbocycles. The van der Waals surface area contributed by atoms with Gasteiger partial charge < -0.3 is 0 Å². The molecule has 0 aliphatic carbocycles. The predicted molar refractivity (Wildman–Crippen MR) is 416 cm³/mol. The van der Waals surface area contributed by atoms with Crippen LogP contribution in [0.4, 0.5) is 0 Å². The normalized spacial score (nSPS) is 11.7. The van der Waals surface area contributed by atoms with Crippen LogP contribution in [0.5, 0.6) is 0 Å². The molecule has 0 amide bonds. The van der Waals surface area contributed by atoms with E-state index in [4.69, 9.17) is 29.9 Å².